The third kappa shape index (κ3) is 3.42. The van der Waals surface area contributed by atoms with Crippen molar-refractivity contribution in [2.24, 2.45) is 4.99 Å². The van der Waals surface area contributed by atoms with Crippen LogP contribution in [0.3, 0.4) is 0 Å². The summed E-state index contributed by atoms with van der Waals surface area (Å²) >= 11 is 4.61. The Balaban J connectivity index is 2.71. The van der Waals surface area contributed by atoms with Gasteiger partial charge in [-0.05, 0) is 12.2 Å². The van der Waals surface area contributed by atoms with Crippen LogP contribution >= 0.6 is 12.2 Å². The molecule has 8 nitrogen and oxygen atoms in total. The molecule has 0 amide bonds. The Hall–Kier alpha value is -0.680. The molecule has 0 aromatic heterocycles. The van der Waals surface area contributed by atoms with Gasteiger partial charge in [0.25, 0.3) is 5.17 Å². The highest BCUT2D eigenvalue weighted by Crippen LogP contribution is 2.16. The minimum absolute atomic E-state index is 0.228. The Bertz CT molecular complexity index is 326. The maximum absolute atomic E-state index is 9.74. The minimum Gasteiger partial charge on any atom is -0.460 e. The van der Waals surface area contributed by atoms with E-state index in [-0.39, 0.29) is 5.17 Å². The van der Waals surface area contributed by atoms with Crippen molar-refractivity contribution in [3.8, 4) is 0 Å². The Kier molecular flexibility index (Phi) is 5.53. The zero-order chi connectivity index (χ0) is 13.9. The highest BCUT2D eigenvalue weighted by Gasteiger charge is 2.40. The van der Waals surface area contributed by atoms with Crippen molar-refractivity contribution >= 4 is 23.6 Å². The molecular weight excluding hydrogens is 266 g/mol. The highest BCUT2D eigenvalue weighted by atomic mass is 32.1. The first-order chi connectivity index (χ1) is 8.38. The van der Waals surface area contributed by atoms with Crippen molar-refractivity contribution in [1.29, 1.82) is 0 Å². The fourth-order valence-corrected chi connectivity index (χ4v) is 1.61. The van der Waals surface area contributed by atoms with Crippen LogP contribution < -0.4 is 0 Å². The minimum atomic E-state index is -1.83. The molecule has 1 aliphatic heterocycles. The summed E-state index contributed by atoms with van der Waals surface area (Å²) in [6.45, 7) is -0.793. The van der Waals surface area contributed by atoms with Gasteiger partial charge in [-0.25, -0.2) is 4.99 Å². The largest absolute Gasteiger partial charge is 0.460 e. The topological polar surface area (TPSA) is 143 Å². The van der Waals surface area contributed by atoms with E-state index in [1.165, 1.54) is 0 Å². The van der Waals surface area contributed by atoms with Crippen LogP contribution in [0, 0.1) is 0 Å². The molecule has 0 saturated heterocycles. The van der Waals surface area contributed by atoms with Gasteiger partial charge in [0, 0.05) is 6.21 Å². The lowest BCUT2D eigenvalue weighted by Crippen LogP contribution is -2.55. The molecule has 6 atom stereocenters. The maximum Gasteiger partial charge on any atom is 0.283 e. The quantitative estimate of drug-likeness (QED) is 0.285. The van der Waals surface area contributed by atoms with Crippen LogP contribution in [0.25, 0.3) is 0 Å². The SMILES string of the molecule is OC[C@@H](O)[C@@H](O)[C@H](O)[C@@H](O)[C@H]1OC(=S)N=C[C@H]1O. The zero-order valence-electron chi connectivity index (χ0n) is 9.20. The lowest BCUT2D eigenvalue weighted by Gasteiger charge is -2.33. The summed E-state index contributed by atoms with van der Waals surface area (Å²) in [6.07, 6.45) is -8.59. The van der Waals surface area contributed by atoms with E-state index in [1.54, 1.807) is 0 Å². The van der Waals surface area contributed by atoms with E-state index < -0.39 is 43.2 Å². The van der Waals surface area contributed by atoms with Crippen molar-refractivity contribution in [3.05, 3.63) is 0 Å². The third-order valence-corrected chi connectivity index (χ3v) is 2.73. The van der Waals surface area contributed by atoms with Crippen LogP contribution in [0.4, 0.5) is 0 Å². The smallest absolute Gasteiger partial charge is 0.283 e. The molecule has 0 bridgehead atoms. The fraction of sp³-hybridized carbons (Fsp3) is 0.778. The standard InChI is InChI=1S/C9H15NO7S/c11-2-4(13)5(14)6(15)7(16)8-3(12)1-10-9(18)17-8/h1,3-8,11-16H,2H2/t3-,4-,5-,6+,7-,8+/m1/s1. The lowest BCUT2D eigenvalue weighted by molar-refractivity contribution is -0.148. The normalized spacial score (nSPS) is 30.4. The number of rotatable bonds is 5. The lowest BCUT2D eigenvalue weighted by atomic mass is 9.96. The number of ether oxygens (including phenoxy) is 1. The molecule has 1 rings (SSSR count). The molecule has 0 aromatic rings. The number of hydrogen-bond acceptors (Lipinski definition) is 8. The molecule has 0 fully saturated rings. The second-order valence-electron chi connectivity index (χ2n) is 3.84. The van der Waals surface area contributed by atoms with Gasteiger partial charge in [-0.1, -0.05) is 0 Å². The first-order valence-corrected chi connectivity index (χ1v) is 5.55. The molecule has 6 N–H and O–H groups in total. The van der Waals surface area contributed by atoms with Gasteiger partial charge in [0.15, 0.2) is 6.10 Å². The van der Waals surface area contributed by atoms with Crippen LogP contribution in [0.2, 0.25) is 0 Å². The third-order valence-electron chi connectivity index (χ3n) is 2.52. The summed E-state index contributed by atoms with van der Waals surface area (Å²) in [4.78, 5) is 3.49. The molecular formula is C9H15NO7S. The van der Waals surface area contributed by atoms with Crippen molar-refractivity contribution in [3.63, 3.8) is 0 Å². The Labute approximate surface area is 108 Å². The summed E-state index contributed by atoms with van der Waals surface area (Å²) in [5, 5.41) is 55.8. The highest BCUT2D eigenvalue weighted by molar-refractivity contribution is 7.80. The first-order valence-electron chi connectivity index (χ1n) is 5.14. The molecule has 0 spiro atoms. The van der Waals surface area contributed by atoms with E-state index in [0.29, 0.717) is 0 Å². The summed E-state index contributed by atoms with van der Waals surface area (Å²) < 4.78 is 4.86. The molecule has 18 heavy (non-hydrogen) atoms. The van der Waals surface area contributed by atoms with E-state index in [1.807, 2.05) is 0 Å². The van der Waals surface area contributed by atoms with Crippen molar-refractivity contribution in [1.82, 2.24) is 0 Å². The Morgan fingerprint density at radius 1 is 1.28 bits per heavy atom. The summed E-state index contributed by atoms with van der Waals surface area (Å²) in [5.74, 6) is 0. The molecule has 0 aromatic carbocycles. The number of hydrogen-bond donors (Lipinski definition) is 6. The van der Waals surface area contributed by atoms with Gasteiger partial charge >= 0.3 is 0 Å². The Morgan fingerprint density at radius 3 is 2.44 bits per heavy atom. The van der Waals surface area contributed by atoms with Gasteiger partial charge in [-0.2, -0.15) is 0 Å². The van der Waals surface area contributed by atoms with Crippen LogP contribution in [0.15, 0.2) is 4.99 Å². The summed E-state index contributed by atoms with van der Waals surface area (Å²) in [7, 11) is 0. The number of thiocarbonyl (C=S) groups is 1. The van der Waals surface area contributed by atoms with Gasteiger partial charge < -0.3 is 35.4 Å². The molecule has 1 aliphatic rings. The molecule has 0 unspecified atom stereocenters. The molecule has 9 heteroatoms. The van der Waals surface area contributed by atoms with E-state index >= 15 is 0 Å². The average Bonchev–Trinajstić information content (AvgIpc) is 2.38. The average molecular weight is 281 g/mol. The van der Waals surface area contributed by atoms with E-state index in [4.69, 9.17) is 14.9 Å². The molecule has 104 valence electrons. The maximum atomic E-state index is 9.74. The van der Waals surface area contributed by atoms with E-state index in [2.05, 4.69) is 17.2 Å². The first kappa shape index (κ1) is 15.4. The van der Waals surface area contributed by atoms with Gasteiger partial charge in [0.1, 0.15) is 30.5 Å². The van der Waals surface area contributed by atoms with Gasteiger partial charge in [0.05, 0.1) is 6.61 Å². The number of aliphatic imine (C=N–C) groups is 1. The zero-order valence-corrected chi connectivity index (χ0v) is 10.0. The molecule has 0 aliphatic carbocycles. The Morgan fingerprint density at radius 2 is 1.89 bits per heavy atom. The van der Waals surface area contributed by atoms with Crippen molar-refractivity contribution in [2.45, 2.75) is 36.6 Å². The van der Waals surface area contributed by atoms with Gasteiger partial charge in [0.2, 0.25) is 0 Å². The van der Waals surface area contributed by atoms with E-state index in [9.17, 15) is 20.4 Å². The second-order valence-corrected chi connectivity index (χ2v) is 4.19. The van der Waals surface area contributed by atoms with E-state index in [0.717, 1.165) is 6.21 Å². The molecule has 0 radical (unpaired) electrons. The summed E-state index contributed by atoms with van der Waals surface area (Å²) in [5.41, 5.74) is 0. The number of aliphatic hydroxyl groups is 6. The molecule has 0 saturated carbocycles. The summed E-state index contributed by atoms with van der Waals surface area (Å²) in [6, 6.07) is 0. The van der Waals surface area contributed by atoms with Crippen molar-refractivity contribution < 1.29 is 35.4 Å². The predicted molar refractivity (Wildman–Crippen MR) is 63.1 cm³/mol. The van der Waals surface area contributed by atoms with Gasteiger partial charge in [-0.3, -0.25) is 0 Å². The van der Waals surface area contributed by atoms with Crippen LogP contribution in [0.5, 0.6) is 0 Å². The predicted octanol–water partition coefficient (Wildman–Crippen LogP) is -3.46. The van der Waals surface area contributed by atoms with Gasteiger partial charge in [-0.15, -0.1) is 0 Å². The number of nitrogens with zero attached hydrogens (tertiary/aromatic N) is 1. The van der Waals surface area contributed by atoms with Crippen molar-refractivity contribution in [2.75, 3.05) is 6.61 Å². The monoisotopic (exact) mass is 281 g/mol. The van der Waals surface area contributed by atoms with Crippen LogP contribution in [-0.2, 0) is 4.74 Å². The second kappa shape index (κ2) is 6.48. The van der Waals surface area contributed by atoms with Crippen LogP contribution in [-0.4, -0.2) is 85.3 Å². The fourth-order valence-electron chi connectivity index (χ4n) is 1.44. The number of aliphatic hydroxyl groups excluding tert-OH is 6. The molecule has 1 heterocycles. The van der Waals surface area contributed by atoms with Crippen LogP contribution in [0.1, 0.15) is 0 Å².